The minimum Gasteiger partial charge on any atom is -0.465 e. The maximum atomic E-state index is 12.7. The molecule has 5 nitrogen and oxygen atoms in total. The smallest absolute Gasteiger partial charge is 0.340 e. The van der Waals surface area contributed by atoms with Crippen LogP contribution in [0.15, 0.2) is 66.7 Å². The van der Waals surface area contributed by atoms with E-state index in [1.807, 2.05) is 41.3 Å². The first-order chi connectivity index (χ1) is 14.4. The van der Waals surface area contributed by atoms with E-state index < -0.39 is 11.9 Å². The second kappa shape index (κ2) is 7.34. The molecule has 0 saturated carbocycles. The first kappa shape index (κ1) is 19.7. The molecule has 1 aliphatic rings. The van der Waals surface area contributed by atoms with E-state index >= 15 is 0 Å². The highest BCUT2D eigenvalue weighted by Crippen LogP contribution is 2.52. The van der Waals surface area contributed by atoms with Gasteiger partial charge in [-0.2, -0.15) is 0 Å². The normalized spacial score (nSPS) is 13.8. The van der Waals surface area contributed by atoms with Crippen molar-refractivity contribution < 1.29 is 19.1 Å². The molecule has 5 heteroatoms. The number of benzene rings is 3. The summed E-state index contributed by atoms with van der Waals surface area (Å²) in [6.07, 6.45) is 0. The van der Waals surface area contributed by atoms with E-state index in [-0.39, 0.29) is 5.41 Å². The molecule has 0 amide bonds. The standard InChI is InChI=1S/C25H23NO4/c1-25(2)18-12-5-7-14-20(18)26(21-15-8-6-13-19(21)25)22-16(23(27)29-3)10-9-11-17(22)24(28)30-4/h5-15H,1-4H3. The number of carbonyl (C=O) groups is 2. The third-order valence-corrected chi connectivity index (χ3v) is 5.71. The van der Waals surface area contributed by atoms with Gasteiger partial charge in [-0.1, -0.05) is 56.3 Å². The monoisotopic (exact) mass is 401 g/mol. The zero-order chi connectivity index (χ0) is 21.5. The lowest BCUT2D eigenvalue weighted by molar-refractivity contribution is 0.0601. The molecule has 1 heterocycles. The molecule has 152 valence electrons. The van der Waals surface area contributed by atoms with Gasteiger partial charge in [0.15, 0.2) is 0 Å². The van der Waals surface area contributed by atoms with Crippen LogP contribution in [0.25, 0.3) is 0 Å². The maximum absolute atomic E-state index is 12.7. The number of esters is 2. The van der Waals surface area contributed by atoms with Gasteiger partial charge in [0.25, 0.3) is 0 Å². The lowest BCUT2D eigenvalue weighted by atomic mass is 9.73. The summed E-state index contributed by atoms with van der Waals surface area (Å²) in [5.41, 5.74) is 4.79. The van der Waals surface area contributed by atoms with Gasteiger partial charge in [-0.3, -0.25) is 0 Å². The summed E-state index contributed by atoms with van der Waals surface area (Å²) in [5, 5.41) is 0. The number of rotatable bonds is 3. The zero-order valence-electron chi connectivity index (χ0n) is 17.4. The van der Waals surface area contributed by atoms with Crippen LogP contribution < -0.4 is 4.90 Å². The van der Waals surface area contributed by atoms with Crippen molar-refractivity contribution in [2.45, 2.75) is 19.3 Å². The second-order valence-corrected chi connectivity index (χ2v) is 7.68. The van der Waals surface area contributed by atoms with Crippen molar-refractivity contribution in [2.24, 2.45) is 0 Å². The number of ether oxygens (including phenoxy) is 2. The molecule has 0 radical (unpaired) electrons. The van der Waals surface area contributed by atoms with Gasteiger partial charge in [-0.15, -0.1) is 0 Å². The molecular formula is C25H23NO4. The van der Waals surface area contributed by atoms with E-state index in [1.54, 1.807) is 18.2 Å². The summed E-state index contributed by atoms with van der Waals surface area (Å²) in [6.45, 7) is 4.35. The van der Waals surface area contributed by atoms with Gasteiger partial charge in [0.05, 0.1) is 42.4 Å². The van der Waals surface area contributed by atoms with E-state index in [4.69, 9.17) is 9.47 Å². The van der Waals surface area contributed by atoms with Gasteiger partial charge in [0.1, 0.15) is 0 Å². The molecule has 30 heavy (non-hydrogen) atoms. The Bertz CT molecular complexity index is 1070. The molecule has 3 aromatic rings. The summed E-state index contributed by atoms with van der Waals surface area (Å²) in [7, 11) is 2.66. The molecule has 0 bridgehead atoms. The third-order valence-electron chi connectivity index (χ3n) is 5.71. The quantitative estimate of drug-likeness (QED) is 0.552. The number of anilines is 3. The Hall–Kier alpha value is -3.60. The van der Waals surface area contributed by atoms with Crippen LogP contribution in [-0.4, -0.2) is 26.2 Å². The predicted octanol–water partition coefficient (Wildman–Crippen LogP) is 5.37. The molecule has 0 unspecified atom stereocenters. The van der Waals surface area contributed by atoms with Gasteiger partial charge in [0.2, 0.25) is 0 Å². The molecule has 1 aliphatic heterocycles. The Balaban J connectivity index is 2.12. The molecule has 3 aromatic carbocycles. The summed E-state index contributed by atoms with van der Waals surface area (Å²) < 4.78 is 10.1. The summed E-state index contributed by atoms with van der Waals surface area (Å²) in [6, 6.07) is 21.1. The highest BCUT2D eigenvalue weighted by Gasteiger charge is 2.39. The second-order valence-electron chi connectivity index (χ2n) is 7.68. The maximum Gasteiger partial charge on any atom is 0.340 e. The molecule has 4 rings (SSSR count). The zero-order valence-corrected chi connectivity index (χ0v) is 17.4. The first-order valence-corrected chi connectivity index (χ1v) is 9.70. The highest BCUT2D eigenvalue weighted by molar-refractivity contribution is 6.08. The molecule has 0 fully saturated rings. The number of hydrogen-bond donors (Lipinski definition) is 0. The third kappa shape index (κ3) is 2.86. The lowest BCUT2D eigenvalue weighted by Gasteiger charge is -2.42. The fourth-order valence-electron chi connectivity index (χ4n) is 4.24. The van der Waals surface area contributed by atoms with Crippen molar-refractivity contribution in [1.82, 2.24) is 0 Å². The van der Waals surface area contributed by atoms with Gasteiger partial charge >= 0.3 is 11.9 Å². The van der Waals surface area contributed by atoms with Crippen molar-refractivity contribution in [3.05, 3.63) is 89.0 Å². The summed E-state index contributed by atoms with van der Waals surface area (Å²) >= 11 is 0. The fourth-order valence-corrected chi connectivity index (χ4v) is 4.24. The van der Waals surface area contributed by atoms with E-state index in [2.05, 4.69) is 26.0 Å². The van der Waals surface area contributed by atoms with Crippen LogP contribution >= 0.6 is 0 Å². The molecule has 0 aromatic heterocycles. The van der Waals surface area contributed by atoms with Gasteiger partial charge in [0, 0.05) is 5.41 Å². The highest BCUT2D eigenvalue weighted by atomic mass is 16.5. The number of hydrogen-bond acceptors (Lipinski definition) is 5. The van der Waals surface area contributed by atoms with Crippen molar-refractivity contribution in [1.29, 1.82) is 0 Å². The van der Waals surface area contributed by atoms with Crippen LogP contribution in [0.5, 0.6) is 0 Å². The number of methoxy groups -OCH3 is 2. The van der Waals surface area contributed by atoms with Crippen molar-refractivity contribution in [3.8, 4) is 0 Å². The fraction of sp³-hybridized carbons (Fsp3) is 0.200. The van der Waals surface area contributed by atoms with E-state index in [1.165, 1.54) is 14.2 Å². The lowest BCUT2D eigenvalue weighted by Crippen LogP contribution is -2.32. The van der Waals surface area contributed by atoms with Crippen LogP contribution in [0, 0.1) is 0 Å². The number of fused-ring (bicyclic) bond motifs is 2. The van der Waals surface area contributed by atoms with Crippen molar-refractivity contribution in [3.63, 3.8) is 0 Å². The molecule has 0 atom stereocenters. The first-order valence-electron chi connectivity index (χ1n) is 9.70. The Labute approximate surface area is 175 Å². The topological polar surface area (TPSA) is 55.8 Å². The van der Waals surface area contributed by atoms with E-state index in [9.17, 15) is 9.59 Å². The Morgan fingerprint density at radius 3 is 1.57 bits per heavy atom. The van der Waals surface area contributed by atoms with Crippen LogP contribution in [0.3, 0.4) is 0 Å². The molecular weight excluding hydrogens is 378 g/mol. The number of nitrogens with zero attached hydrogens (tertiary/aromatic N) is 1. The predicted molar refractivity (Wildman–Crippen MR) is 116 cm³/mol. The number of para-hydroxylation sites is 3. The minimum atomic E-state index is -0.518. The number of carbonyl (C=O) groups excluding carboxylic acids is 2. The summed E-state index contributed by atoms with van der Waals surface area (Å²) in [5.74, 6) is -1.04. The minimum absolute atomic E-state index is 0.255. The van der Waals surface area contributed by atoms with Crippen LogP contribution in [-0.2, 0) is 14.9 Å². The van der Waals surface area contributed by atoms with Crippen molar-refractivity contribution >= 4 is 29.0 Å². The van der Waals surface area contributed by atoms with Gasteiger partial charge in [-0.05, 0) is 35.4 Å². The van der Waals surface area contributed by atoms with Crippen LogP contribution in [0.4, 0.5) is 17.1 Å². The Kier molecular flexibility index (Phi) is 4.82. The average molecular weight is 401 g/mol. The largest absolute Gasteiger partial charge is 0.465 e. The van der Waals surface area contributed by atoms with Crippen LogP contribution in [0.1, 0.15) is 45.7 Å². The van der Waals surface area contributed by atoms with E-state index in [0.717, 1.165) is 22.5 Å². The van der Waals surface area contributed by atoms with Gasteiger partial charge < -0.3 is 14.4 Å². The Morgan fingerprint density at radius 1 is 0.700 bits per heavy atom. The van der Waals surface area contributed by atoms with Crippen molar-refractivity contribution in [2.75, 3.05) is 19.1 Å². The molecule has 0 N–H and O–H groups in total. The molecule has 0 aliphatic carbocycles. The summed E-state index contributed by atoms with van der Waals surface area (Å²) in [4.78, 5) is 27.3. The molecule has 0 saturated heterocycles. The van der Waals surface area contributed by atoms with Crippen LogP contribution in [0.2, 0.25) is 0 Å². The van der Waals surface area contributed by atoms with Gasteiger partial charge in [-0.25, -0.2) is 9.59 Å². The Morgan fingerprint density at radius 2 is 1.13 bits per heavy atom. The molecule has 0 spiro atoms. The SMILES string of the molecule is COC(=O)c1cccc(C(=O)OC)c1N1c2ccccc2C(C)(C)c2ccccc21. The van der Waals surface area contributed by atoms with E-state index in [0.29, 0.717) is 16.8 Å². The average Bonchev–Trinajstić information content (AvgIpc) is 2.78.